The summed E-state index contributed by atoms with van der Waals surface area (Å²) < 4.78 is 5.39. The van der Waals surface area contributed by atoms with Crippen LogP contribution in [0.15, 0.2) is 24.3 Å². The van der Waals surface area contributed by atoms with Crippen LogP contribution >= 0.6 is 23.6 Å². The van der Waals surface area contributed by atoms with Gasteiger partial charge in [-0.15, -0.1) is 11.3 Å². The number of anilines is 1. The number of carbonyl (C=O) groups excluding carboxylic acids is 1. The monoisotopic (exact) mass is 458 g/mol. The minimum Gasteiger partial charge on any atom is -0.462 e. The van der Waals surface area contributed by atoms with Gasteiger partial charge < -0.3 is 15.4 Å². The molecule has 2 aromatic rings. The van der Waals surface area contributed by atoms with Gasteiger partial charge in [-0.3, -0.25) is 0 Å². The number of fused-ring (bicyclic) bond motifs is 1. The predicted molar refractivity (Wildman–Crippen MR) is 134 cm³/mol. The lowest BCUT2D eigenvalue weighted by molar-refractivity contribution is 0.0526. The van der Waals surface area contributed by atoms with Gasteiger partial charge in [0.1, 0.15) is 5.00 Å². The number of thiocarbonyl (C=S) groups is 1. The molecule has 0 radical (unpaired) electrons. The molecule has 0 fully saturated rings. The highest BCUT2D eigenvalue weighted by atomic mass is 32.1. The second-order valence-corrected chi connectivity index (χ2v) is 10.00. The van der Waals surface area contributed by atoms with Crippen molar-refractivity contribution in [3.63, 3.8) is 0 Å². The topological polar surface area (TPSA) is 50.4 Å². The summed E-state index contributed by atoms with van der Waals surface area (Å²) in [6.45, 7) is 8.70. The Morgan fingerprint density at radius 1 is 1.06 bits per heavy atom. The van der Waals surface area contributed by atoms with E-state index >= 15 is 0 Å². The standard InChI is InChI=1S/C25H34N2O2S2/c1-5-29-24(28)22-20-10-8-6-7-9-11-21(20)31-23(22)27-25(30)26-17(4)19-14-12-18(13-15-19)16(2)3/h12-17H,5-11H2,1-4H3,(H2,26,27,30). The van der Waals surface area contributed by atoms with Crippen LogP contribution in [0.4, 0.5) is 5.00 Å². The fraction of sp³-hybridized carbons (Fsp3) is 0.520. The van der Waals surface area contributed by atoms with Gasteiger partial charge in [-0.1, -0.05) is 51.0 Å². The van der Waals surface area contributed by atoms with Crippen LogP contribution in [-0.2, 0) is 17.6 Å². The number of aryl methyl sites for hydroxylation is 1. The van der Waals surface area contributed by atoms with Crippen LogP contribution in [0, 0.1) is 0 Å². The van der Waals surface area contributed by atoms with E-state index in [-0.39, 0.29) is 12.0 Å². The first-order valence-corrected chi connectivity index (χ1v) is 12.6. The van der Waals surface area contributed by atoms with E-state index in [0.29, 0.717) is 23.2 Å². The fourth-order valence-corrected chi connectivity index (χ4v) is 5.64. The Kier molecular flexibility index (Phi) is 8.50. The average Bonchev–Trinajstić information content (AvgIpc) is 3.04. The van der Waals surface area contributed by atoms with Crippen molar-refractivity contribution >= 4 is 39.6 Å². The molecule has 4 nitrogen and oxygen atoms in total. The lowest BCUT2D eigenvalue weighted by atomic mass is 9.96. The highest BCUT2D eigenvalue weighted by Crippen LogP contribution is 2.37. The Balaban J connectivity index is 1.76. The number of nitrogens with one attached hydrogen (secondary N) is 2. The maximum absolute atomic E-state index is 12.8. The Morgan fingerprint density at radius 3 is 2.35 bits per heavy atom. The van der Waals surface area contributed by atoms with E-state index in [1.165, 1.54) is 35.3 Å². The van der Waals surface area contributed by atoms with Crippen LogP contribution in [0.25, 0.3) is 0 Å². The summed E-state index contributed by atoms with van der Waals surface area (Å²) in [5.41, 5.74) is 4.34. The van der Waals surface area contributed by atoms with Gasteiger partial charge in [0.25, 0.3) is 0 Å². The first-order valence-electron chi connectivity index (χ1n) is 11.4. The summed E-state index contributed by atoms with van der Waals surface area (Å²) in [7, 11) is 0. The van der Waals surface area contributed by atoms with Crippen LogP contribution < -0.4 is 10.6 Å². The molecule has 31 heavy (non-hydrogen) atoms. The van der Waals surface area contributed by atoms with Crippen molar-refractivity contribution in [1.29, 1.82) is 0 Å². The van der Waals surface area contributed by atoms with Crippen molar-refractivity contribution in [2.24, 2.45) is 0 Å². The summed E-state index contributed by atoms with van der Waals surface area (Å²) >= 11 is 7.27. The Bertz CT molecular complexity index is 903. The molecule has 0 bridgehead atoms. The van der Waals surface area contributed by atoms with Gasteiger partial charge in [-0.25, -0.2) is 4.79 Å². The molecule has 1 unspecified atom stereocenters. The van der Waals surface area contributed by atoms with E-state index in [1.807, 2.05) is 6.92 Å². The summed E-state index contributed by atoms with van der Waals surface area (Å²) in [5.74, 6) is 0.266. The molecule has 1 heterocycles. The molecule has 1 atom stereocenters. The zero-order valence-electron chi connectivity index (χ0n) is 19.0. The lowest BCUT2D eigenvalue weighted by Crippen LogP contribution is -2.31. The van der Waals surface area contributed by atoms with Crippen molar-refractivity contribution in [2.75, 3.05) is 11.9 Å². The molecule has 1 aliphatic rings. The molecule has 0 aliphatic heterocycles. The highest BCUT2D eigenvalue weighted by molar-refractivity contribution is 7.80. The van der Waals surface area contributed by atoms with E-state index in [4.69, 9.17) is 17.0 Å². The molecule has 1 aliphatic carbocycles. The number of rotatable bonds is 6. The summed E-state index contributed by atoms with van der Waals surface area (Å²) in [6, 6.07) is 8.71. The largest absolute Gasteiger partial charge is 0.462 e. The predicted octanol–water partition coefficient (Wildman–Crippen LogP) is 6.75. The van der Waals surface area contributed by atoms with Crippen molar-refractivity contribution in [2.45, 2.75) is 78.2 Å². The van der Waals surface area contributed by atoms with Crippen LogP contribution in [0.5, 0.6) is 0 Å². The number of benzene rings is 1. The van der Waals surface area contributed by atoms with Gasteiger partial charge in [-0.05, 0) is 74.4 Å². The van der Waals surface area contributed by atoms with Crippen LogP contribution in [0.1, 0.15) is 97.3 Å². The summed E-state index contributed by atoms with van der Waals surface area (Å²) in [4.78, 5) is 14.1. The minimum atomic E-state index is -0.247. The molecule has 3 rings (SSSR count). The summed E-state index contributed by atoms with van der Waals surface area (Å²) in [5, 5.41) is 8.03. The van der Waals surface area contributed by atoms with Crippen LogP contribution in [0.2, 0.25) is 0 Å². The second-order valence-electron chi connectivity index (χ2n) is 8.48. The first-order chi connectivity index (χ1) is 14.9. The third-order valence-corrected chi connectivity index (χ3v) is 7.26. The molecule has 168 valence electrons. The fourth-order valence-electron chi connectivity index (χ4n) is 4.02. The zero-order valence-corrected chi connectivity index (χ0v) is 20.7. The van der Waals surface area contributed by atoms with Gasteiger partial charge in [0.2, 0.25) is 0 Å². The van der Waals surface area contributed by atoms with Gasteiger partial charge in [-0.2, -0.15) is 0 Å². The van der Waals surface area contributed by atoms with E-state index in [9.17, 15) is 4.79 Å². The number of hydrogen-bond acceptors (Lipinski definition) is 4. The molecule has 0 spiro atoms. The normalized spacial score (nSPS) is 14.9. The van der Waals surface area contributed by atoms with E-state index < -0.39 is 0 Å². The molecule has 2 N–H and O–H groups in total. The molecule has 0 amide bonds. The number of carbonyl (C=O) groups is 1. The van der Waals surface area contributed by atoms with Gasteiger partial charge in [0.15, 0.2) is 5.11 Å². The van der Waals surface area contributed by atoms with Crippen molar-refractivity contribution < 1.29 is 9.53 Å². The quantitative estimate of drug-likeness (QED) is 0.370. The number of esters is 1. The van der Waals surface area contributed by atoms with E-state index in [2.05, 4.69) is 55.7 Å². The first kappa shape index (κ1) is 23.7. The van der Waals surface area contributed by atoms with Crippen molar-refractivity contribution in [3.8, 4) is 0 Å². The van der Waals surface area contributed by atoms with Gasteiger partial charge in [0, 0.05) is 4.88 Å². The molecule has 1 aromatic heterocycles. The Labute approximate surface area is 195 Å². The highest BCUT2D eigenvalue weighted by Gasteiger charge is 2.26. The molecule has 0 saturated carbocycles. The second kappa shape index (κ2) is 11.1. The average molecular weight is 459 g/mol. The van der Waals surface area contributed by atoms with Crippen molar-refractivity contribution in [3.05, 3.63) is 51.4 Å². The molecule has 6 heteroatoms. The smallest absolute Gasteiger partial charge is 0.341 e. The molecule has 1 aromatic carbocycles. The SMILES string of the molecule is CCOC(=O)c1c(NC(=S)NC(C)c2ccc(C(C)C)cc2)sc2c1CCCCCC2. The molecular weight excluding hydrogens is 424 g/mol. The maximum Gasteiger partial charge on any atom is 0.341 e. The van der Waals surface area contributed by atoms with Crippen molar-refractivity contribution in [1.82, 2.24) is 5.32 Å². The summed E-state index contributed by atoms with van der Waals surface area (Å²) in [6.07, 6.45) is 6.70. The lowest BCUT2D eigenvalue weighted by Gasteiger charge is -2.18. The third kappa shape index (κ3) is 6.07. The number of hydrogen-bond donors (Lipinski definition) is 2. The van der Waals surface area contributed by atoms with Crippen LogP contribution in [0.3, 0.4) is 0 Å². The maximum atomic E-state index is 12.8. The third-order valence-electron chi connectivity index (χ3n) is 5.83. The zero-order chi connectivity index (χ0) is 22.4. The van der Waals surface area contributed by atoms with E-state index in [1.54, 1.807) is 11.3 Å². The number of thiophene rings is 1. The number of ether oxygens (including phenoxy) is 1. The van der Waals surface area contributed by atoms with Gasteiger partial charge in [0.05, 0.1) is 18.2 Å². The van der Waals surface area contributed by atoms with E-state index in [0.717, 1.165) is 29.8 Å². The Hall–Kier alpha value is -1.92. The molecular formula is C25H34N2O2S2. The van der Waals surface area contributed by atoms with Gasteiger partial charge >= 0.3 is 5.97 Å². The molecule has 0 saturated heterocycles. The van der Waals surface area contributed by atoms with Crippen LogP contribution in [-0.4, -0.2) is 17.7 Å². The minimum absolute atomic E-state index is 0.0632. The Morgan fingerprint density at radius 2 is 1.71 bits per heavy atom.